The zero-order chi connectivity index (χ0) is 14.9. The molecule has 1 aliphatic heterocycles. The van der Waals surface area contributed by atoms with E-state index >= 15 is 0 Å². The number of carbonyl (C=O) groups excluding carboxylic acids is 1. The van der Waals surface area contributed by atoms with Gasteiger partial charge in [0.2, 0.25) is 0 Å². The van der Waals surface area contributed by atoms with Crippen LogP contribution in [0.1, 0.15) is 25.3 Å². The Labute approximate surface area is 126 Å². The van der Waals surface area contributed by atoms with Gasteiger partial charge >= 0.3 is 6.09 Å². The second-order valence-electron chi connectivity index (χ2n) is 5.18. The lowest BCUT2D eigenvalue weighted by Crippen LogP contribution is -2.45. The van der Waals surface area contributed by atoms with Crippen LogP contribution >= 0.6 is 0 Å². The number of piperidine rings is 1. The Hall–Kier alpha value is -1.81. The van der Waals surface area contributed by atoms with Gasteiger partial charge in [0.25, 0.3) is 0 Å². The van der Waals surface area contributed by atoms with Gasteiger partial charge in [0.05, 0.1) is 6.61 Å². The van der Waals surface area contributed by atoms with Crippen LogP contribution in [-0.2, 0) is 4.74 Å². The Balaban J connectivity index is 1.65. The lowest BCUT2D eigenvalue weighted by atomic mass is 10.1. The molecular formula is C17H24N2O2. The van der Waals surface area contributed by atoms with E-state index in [1.54, 1.807) is 4.90 Å². The standard InChI is InChI=1S/C17H24N2O2/c1-2-21-17(20)19-13-10-16(11-14-19)18-12-6-9-15-7-4-3-5-8-15/h3-9,16,18H,2,10-14H2,1H3. The van der Waals surface area contributed by atoms with Crippen LogP contribution in [0.3, 0.4) is 0 Å². The van der Waals surface area contributed by atoms with E-state index in [2.05, 4.69) is 29.6 Å². The van der Waals surface area contributed by atoms with E-state index in [-0.39, 0.29) is 6.09 Å². The third kappa shape index (κ3) is 5.23. The average Bonchev–Trinajstić information content (AvgIpc) is 2.53. The summed E-state index contributed by atoms with van der Waals surface area (Å²) >= 11 is 0. The quantitative estimate of drug-likeness (QED) is 0.906. The first-order chi connectivity index (χ1) is 10.3. The number of carbonyl (C=O) groups is 1. The predicted molar refractivity (Wildman–Crippen MR) is 85.1 cm³/mol. The van der Waals surface area contributed by atoms with Crippen molar-refractivity contribution < 1.29 is 9.53 Å². The molecule has 0 aromatic heterocycles. The third-order valence-electron chi connectivity index (χ3n) is 3.66. The van der Waals surface area contributed by atoms with Crippen molar-refractivity contribution in [2.45, 2.75) is 25.8 Å². The Morgan fingerprint density at radius 3 is 2.71 bits per heavy atom. The van der Waals surface area contributed by atoms with Gasteiger partial charge in [-0.2, -0.15) is 0 Å². The molecule has 114 valence electrons. The predicted octanol–water partition coefficient (Wildman–Crippen LogP) is 2.91. The van der Waals surface area contributed by atoms with Gasteiger partial charge in [-0.1, -0.05) is 42.5 Å². The Morgan fingerprint density at radius 1 is 1.33 bits per heavy atom. The lowest BCUT2D eigenvalue weighted by molar-refractivity contribution is 0.0954. The van der Waals surface area contributed by atoms with Crippen molar-refractivity contribution in [1.29, 1.82) is 0 Å². The van der Waals surface area contributed by atoms with Crippen molar-refractivity contribution in [3.8, 4) is 0 Å². The van der Waals surface area contributed by atoms with E-state index in [1.807, 2.05) is 25.1 Å². The third-order valence-corrected chi connectivity index (χ3v) is 3.66. The molecule has 0 atom stereocenters. The Morgan fingerprint density at radius 2 is 2.05 bits per heavy atom. The van der Waals surface area contributed by atoms with Gasteiger partial charge in [0, 0.05) is 25.7 Å². The summed E-state index contributed by atoms with van der Waals surface area (Å²) in [5.74, 6) is 0. The molecule has 1 N–H and O–H groups in total. The summed E-state index contributed by atoms with van der Waals surface area (Å²) in [7, 11) is 0. The minimum atomic E-state index is -0.181. The molecule has 1 heterocycles. The second kappa shape index (κ2) is 8.47. The first-order valence-electron chi connectivity index (χ1n) is 7.66. The zero-order valence-electron chi connectivity index (χ0n) is 12.6. The number of rotatable bonds is 5. The fraction of sp³-hybridized carbons (Fsp3) is 0.471. The fourth-order valence-electron chi connectivity index (χ4n) is 2.47. The van der Waals surface area contributed by atoms with Gasteiger partial charge in [-0.3, -0.25) is 0 Å². The highest BCUT2D eigenvalue weighted by Crippen LogP contribution is 2.11. The van der Waals surface area contributed by atoms with Crippen LogP contribution in [0.2, 0.25) is 0 Å². The van der Waals surface area contributed by atoms with E-state index in [0.29, 0.717) is 12.6 Å². The molecule has 1 aromatic carbocycles. The number of hydrogen-bond donors (Lipinski definition) is 1. The van der Waals surface area contributed by atoms with E-state index in [1.165, 1.54) is 5.56 Å². The molecular weight excluding hydrogens is 264 g/mol. The maximum atomic E-state index is 11.6. The Kier molecular flexibility index (Phi) is 6.28. The number of hydrogen-bond acceptors (Lipinski definition) is 3. The van der Waals surface area contributed by atoms with Crippen molar-refractivity contribution in [3.05, 3.63) is 42.0 Å². The highest BCUT2D eigenvalue weighted by atomic mass is 16.6. The summed E-state index contributed by atoms with van der Waals surface area (Å²) < 4.78 is 5.02. The number of ether oxygens (including phenoxy) is 1. The van der Waals surface area contributed by atoms with Crippen molar-refractivity contribution >= 4 is 12.2 Å². The molecule has 0 spiro atoms. The van der Waals surface area contributed by atoms with Crippen molar-refractivity contribution in [2.24, 2.45) is 0 Å². The van der Waals surface area contributed by atoms with Crippen LogP contribution in [0.4, 0.5) is 4.79 Å². The summed E-state index contributed by atoms with van der Waals surface area (Å²) in [6.07, 6.45) is 6.06. The smallest absolute Gasteiger partial charge is 0.409 e. The fourth-order valence-corrected chi connectivity index (χ4v) is 2.47. The van der Waals surface area contributed by atoms with Crippen LogP contribution in [0.25, 0.3) is 6.08 Å². The van der Waals surface area contributed by atoms with Crippen LogP contribution < -0.4 is 5.32 Å². The van der Waals surface area contributed by atoms with Crippen LogP contribution in [0.5, 0.6) is 0 Å². The minimum Gasteiger partial charge on any atom is -0.450 e. The number of likely N-dealkylation sites (tertiary alicyclic amines) is 1. The largest absolute Gasteiger partial charge is 0.450 e. The van der Waals surface area contributed by atoms with E-state index in [4.69, 9.17) is 4.74 Å². The second-order valence-corrected chi connectivity index (χ2v) is 5.18. The summed E-state index contributed by atoms with van der Waals surface area (Å²) in [6, 6.07) is 10.8. The van der Waals surface area contributed by atoms with Gasteiger partial charge in [0.15, 0.2) is 0 Å². The topological polar surface area (TPSA) is 41.6 Å². The summed E-state index contributed by atoms with van der Waals surface area (Å²) in [6.45, 7) is 4.70. The minimum absolute atomic E-state index is 0.181. The molecule has 0 bridgehead atoms. The molecule has 1 aliphatic rings. The zero-order valence-corrected chi connectivity index (χ0v) is 12.6. The molecule has 1 fully saturated rings. The first kappa shape index (κ1) is 15.6. The molecule has 0 radical (unpaired) electrons. The van der Waals surface area contributed by atoms with Crippen LogP contribution in [0.15, 0.2) is 36.4 Å². The molecule has 0 unspecified atom stereocenters. The van der Waals surface area contributed by atoms with Crippen LogP contribution in [-0.4, -0.2) is 43.3 Å². The molecule has 0 aliphatic carbocycles. The van der Waals surface area contributed by atoms with Crippen LogP contribution in [0, 0.1) is 0 Å². The van der Waals surface area contributed by atoms with Gasteiger partial charge < -0.3 is 15.0 Å². The normalized spacial score (nSPS) is 16.3. The van der Waals surface area contributed by atoms with Crippen molar-refractivity contribution in [2.75, 3.05) is 26.2 Å². The number of benzene rings is 1. The van der Waals surface area contributed by atoms with E-state index in [0.717, 1.165) is 32.5 Å². The maximum Gasteiger partial charge on any atom is 0.409 e. The van der Waals surface area contributed by atoms with Crippen molar-refractivity contribution in [3.63, 3.8) is 0 Å². The summed E-state index contributed by atoms with van der Waals surface area (Å²) in [5, 5.41) is 3.52. The number of amides is 1. The lowest BCUT2D eigenvalue weighted by Gasteiger charge is -2.31. The highest BCUT2D eigenvalue weighted by Gasteiger charge is 2.22. The first-order valence-corrected chi connectivity index (χ1v) is 7.66. The van der Waals surface area contributed by atoms with Crippen molar-refractivity contribution in [1.82, 2.24) is 10.2 Å². The maximum absolute atomic E-state index is 11.6. The van der Waals surface area contributed by atoms with Gasteiger partial charge in [-0.05, 0) is 25.3 Å². The molecule has 2 rings (SSSR count). The average molecular weight is 288 g/mol. The molecule has 4 heteroatoms. The van der Waals surface area contributed by atoms with E-state index < -0.39 is 0 Å². The highest BCUT2D eigenvalue weighted by molar-refractivity contribution is 5.67. The summed E-state index contributed by atoms with van der Waals surface area (Å²) in [5.41, 5.74) is 1.22. The molecule has 21 heavy (non-hydrogen) atoms. The molecule has 1 saturated heterocycles. The molecule has 1 aromatic rings. The Bertz CT molecular complexity index is 451. The summed E-state index contributed by atoms with van der Waals surface area (Å²) in [4.78, 5) is 13.4. The monoisotopic (exact) mass is 288 g/mol. The van der Waals surface area contributed by atoms with Gasteiger partial charge in [0.1, 0.15) is 0 Å². The molecule has 0 saturated carbocycles. The molecule has 4 nitrogen and oxygen atoms in total. The van der Waals surface area contributed by atoms with Gasteiger partial charge in [-0.25, -0.2) is 4.79 Å². The SMILES string of the molecule is CCOC(=O)N1CCC(NCC=Cc2ccccc2)CC1. The number of nitrogens with one attached hydrogen (secondary N) is 1. The molecule has 1 amide bonds. The van der Waals surface area contributed by atoms with Gasteiger partial charge in [-0.15, -0.1) is 0 Å². The number of nitrogens with zero attached hydrogens (tertiary/aromatic N) is 1. The van der Waals surface area contributed by atoms with E-state index in [9.17, 15) is 4.79 Å².